The largest absolute Gasteiger partial charge is 0.379 e. The molecule has 1 saturated heterocycles. The van der Waals surface area contributed by atoms with E-state index in [4.69, 9.17) is 15.2 Å². The topological polar surface area (TPSA) is 73.6 Å². The van der Waals surface area contributed by atoms with Crippen LogP contribution in [-0.4, -0.2) is 43.9 Å². The summed E-state index contributed by atoms with van der Waals surface area (Å²) in [5.41, 5.74) is 5.78. The van der Waals surface area contributed by atoms with Crippen LogP contribution in [0.3, 0.4) is 0 Å². The van der Waals surface area contributed by atoms with Gasteiger partial charge in [-0.05, 0) is 19.8 Å². The summed E-state index contributed by atoms with van der Waals surface area (Å²) < 4.78 is 10.6. The second kappa shape index (κ2) is 5.12. The van der Waals surface area contributed by atoms with Crippen molar-refractivity contribution in [3.8, 4) is 0 Å². The van der Waals surface area contributed by atoms with Crippen LogP contribution in [0.4, 0.5) is 0 Å². The van der Waals surface area contributed by atoms with Gasteiger partial charge in [0.15, 0.2) is 0 Å². The summed E-state index contributed by atoms with van der Waals surface area (Å²) >= 11 is 0. The van der Waals surface area contributed by atoms with E-state index in [1.165, 1.54) is 0 Å². The summed E-state index contributed by atoms with van der Waals surface area (Å²) in [6.45, 7) is 3.67. The summed E-state index contributed by atoms with van der Waals surface area (Å²) in [6, 6.07) is 0.111. The molecular formula is C11H20N2O3. The molecular weight excluding hydrogens is 208 g/mol. The van der Waals surface area contributed by atoms with Crippen molar-refractivity contribution in [3.63, 3.8) is 0 Å². The number of nitrogens with two attached hydrogens (primary N) is 1. The third-order valence-electron chi connectivity index (χ3n) is 3.30. The smallest absolute Gasteiger partial charge is 0.227 e. The Bertz CT molecular complexity index is 254. The van der Waals surface area contributed by atoms with E-state index in [0.29, 0.717) is 19.3 Å². The van der Waals surface area contributed by atoms with Crippen LogP contribution < -0.4 is 11.1 Å². The predicted octanol–water partition coefficient (Wildman–Crippen LogP) is -0.356. The fourth-order valence-electron chi connectivity index (χ4n) is 2.20. The summed E-state index contributed by atoms with van der Waals surface area (Å²) in [7, 11) is 0. The minimum Gasteiger partial charge on any atom is -0.379 e. The van der Waals surface area contributed by atoms with Crippen LogP contribution in [0, 0.1) is 5.92 Å². The van der Waals surface area contributed by atoms with Gasteiger partial charge in [-0.25, -0.2) is 0 Å². The number of ether oxygens (including phenoxy) is 2. The Hall–Kier alpha value is -0.650. The van der Waals surface area contributed by atoms with Gasteiger partial charge in [0.1, 0.15) is 0 Å². The van der Waals surface area contributed by atoms with Crippen molar-refractivity contribution >= 4 is 5.91 Å². The van der Waals surface area contributed by atoms with Crippen molar-refractivity contribution in [2.75, 3.05) is 19.8 Å². The lowest BCUT2D eigenvalue weighted by atomic mass is 9.88. The highest BCUT2D eigenvalue weighted by molar-refractivity contribution is 5.80. The van der Waals surface area contributed by atoms with Crippen LogP contribution in [0.1, 0.15) is 19.8 Å². The van der Waals surface area contributed by atoms with Gasteiger partial charge in [-0.15, -0.1) is 0 Å². The third-order valence-corrected chi connectivity index (χ3v) is 3.30. The van der Waals surface area contributed by atoms with Gasteiger partial charge in [-0.1, -0.05) is 0 Å². The molecule has 1 heterocycles. The van der Waals surface area contributed by atoms with Gasteiger partial charge < -0.3 is 20.5 Å². The normalized spacial score (nSPS) is 38.1. The molecule has 2 unspecified atom stereocenters. The molecule has 1 amide bonds. The summed E-state index contributed by atoms with van der Waals surface area (Å²) in [6.07, 6.45) is 2.16. The molecule has 16 heavy (non-hydrogen) atoms. The highest BCUT2D eigenvalue weighted by Gasteiger charge is 2.36. The summed E-state index contributed by atoms with van der Waals surface area (Å²) in [4.78, 5) is 11.8. The number of nitrogens with one attached hydrogen (secondary N) is 1. The fraction of sp³-hybridized carbons (Fsp3) is 0.909. The van der Waals surface area contributed by atoms with Gasteiger partial charge >= 0.3 is 0 Å². The van der Waals surface area contributed by atoms with Crippen molar-refractivity contribution in [2.24, 2.45) is 11.7 Å². The Morgan fingerprint density at radius 2 is 2.25 bits per heavy atom. The van der Waals surface area contributed by atoms with Gasteiger partial charge in [0.05, 0.1) is 25.2 Å². The minimum atomic E-state index is -0.175. The second-order valence-electron chi connectivity index (χ2n) is 4.56. The van der Waals surface area contributed by atoms with Crippen LogP contribution in [-0.2, 0) is 14.3 Å². The molecule has 0 aromatic carbocycles. The number of amides is 1. The van der Waals surface area contributed by atoms with E-state index in [1.807, 2.05) is 6.92 Å². The van der Waals surface area contributed by atoms with Crippen molar-refractivity contribution in [2.45, 2.75) is 38.0 Å². The number of carbonyl (C=O) groups is 1. The number of rotatable bonds is 4. The first-order valence-electron chi connectivity index (χ1n) is 5.96. The van der Waals surface area contributed by atoms with Crippen LogP contribution in [0.15, 0.2) is 0 Å². The second-order valence-corrected chi connectivity index (χ2v) is 4.56. The lowest BCUT2D eigenvalue weighted by molar-refractivity contribution is -0.127. The van der Waals surface area contributed by atoms with Crippen LogP contribution in [0.5, 0.6) is 0 Å². The van der Waals surface area contributed by atoms with Crippen LogP contribution in [0.2, 0.25) is 0 Å². The Balaban J connectivity index is 1.69. The zero-order valence-electron chi connectivity index (χ0n) is 9.65. The zero-order valence-corrected chi connectivity index (χ0v) is 9.65. The molecule has 1 saturated carbocycles. The van der Waals surface area contributed by atoms with Gasteiger partial charge in [0.25, 0.3) is 0 Å². The number of hydrogen-bond donors (Lipinski definition) is 2. The molecule has 0 bridgehead atoms. The molecule has 2 aliphatic rings. The van der Waals surface area contributed by atoms with Crippen molar-refractivity contribution in [1.82, 2.24) is 5.32 Å². The molecule has 0 aromatic rings. The van der Waals surface area contributed by atoms with Crippen molar-refractivity contribution < 1.29 is 14.3 Å². The summed E-state index contributed by atoms with van der Waals surface area (Å²) in [5, 5.41) is 3.00. The zero-order chi connectivity index (χ0) is 11.5. The molecule has 5 nitrogen and oxygen atoms in total. The van der Waals surface area contributed by atoms with E-state index in [-0.39, 0.29) is 23.9 Å². The van der Waals surface area contributed by atoms with Gasteiger partial charge in [0, 0.05) is 18.7 Å². The van der Waals surface area contributed by atoms with Crippen LogP contribution >= 0.6 is 0 Å². The predicted molar refractivity (Wildman–Crippen MR) is 58.9 cm³/mol. The van der Waals surface area contributed by atoms with Crippen molar-refractivity contribution in [1.29, 1.82) is 0 Å². The Morgan fingerprint density at radius 3 is 2.81 bits per heavy atom. The van der Waals surface area contributed by atoms with Gasteiger partial charge in [-0.3, -0.25) is 4.79 Å². The molecule has 1 aliphatic heterocycles. The molecule has 2 fully saturated rings. The van der Waals surface area contributed by atoms with E-state index >= 15 is 0 Å². The maximum Gasteiger partial charge on any atom is 0.227 e. The molecule has 0 aromatic heterocycles. The highest BCUT2D eigenvalue weighted by atomic mass is 16.5. The lowest BCUT2D eigenvalue weighted by Crippen LogP contribution is -2.51. The average molecular weight is 228 g/mol. The Labute approximate surface area is 95.7 Å². The third kappa shape index (κ3) is 2.53. The lowest BCUT2D eigenvalue weighted by Gasteiger charge is -2.36. The molecule has 92 valence electrons. The standard InChI is InChI=1S/C11H20N2O3/c1-2-16-8-3-7(4-8)13-11(14)9-5-15-6-10(9)12/h7-10H,2-6,12H2,1H3,(H,13,14). The van der Waals surface area contributed by atoms with E-state index < -0.39 is 0 Å². The number of hydrogen-bond acceptors (Lipinski definition) is 4. The first kappa shape index (κ1) is 11.8. The molecule has 2 atom stereocenters. The van der Waals surface area contributed by atoms with Crippen molar-refractivity contribution in [3.05, 3.63) is 0 Å². The number of carbonyl (C=O) groups excluding carboxylic acids is 1. The van der Waals surface area contributed by atoms with E-state index in [9.17, 15) is 4.79 Å². The highest BCUT2D eigenvalue weighted by Crippen LogP contribution is 2.24. The first-order valence-corrected chi connectivity index (χ1v) is 5.96. The van der Waals surface area contributed by atoms with Crippen LogP contribution in [0.25, 0.3) is 0 Å². The Kier molecular flexibility index (Phi) is 3.78. The SMILES string of the molecule is CCOC1CC(NC(=O)C2COCC2N)C1. The summed E-state index contributed by atoms with van der Waals surface area (Å²) in [5.74, 6) is -0.143. The quantitative estimate of drug-likeness (QED) is 0.689. The molecule has 5 heteroatoms. The first-order chi connectivity index (χ1) is 7.70. The molecule has 0 spiro atoms. The molecule has 1 aliphatic carbocycles. The monoisotopic (exact) mass is 228 g/mol. The van der Waals surface area contributed by atoms with Gasteiger partial charge in [-0.2, -0.15) is 0 Å². The van der Waals surface area contributed by atoms with E-state index in [2.05, 4.69) is 5.32 Å². The molecule has 3 N–H and O–H groups in total. The maximum absolute atomic E-state index is 11.8. The minimum absolute atomic E-state index is 0.0324. The fourth-order valence-corrected chi connectivity index (χ4v) is 2.20. The van der Waals surface area contributed by atoms with Gasteiger partial charge in [0.2, 0.25) is 5.91 Å². The van der Waals surface area contributed by atoms with E-state index in [1.54, 1.807) is 0 Å². The molecule has 2 rings (SSSR count). The maximum atomic E-state index is 11.8. The Morgan fingerprint density at radius 1 is 1.50 bits per heavy atom. The van der Waals surface area contributed by atoms with E-state index in [0.717, 1.165) is 19.4 Å². The average Bonchev–Trinajstić information content (AvgIpc) is 2.61. The molecule has 0 radical (unpaired) electrons.